The third kappa shape index (κ3) is 6.64. The molecule has 3 N–H and O–H groups in total. The number of hydrogen-bond acceptors (Lipinski definition) is 5. The summed E-state index contributed by atoms with van der Waals surface area (Å²) in [6.45, 7) is 5.49. The molecule has 0 unspecified atom stereocenters. The number of amides is 3. The Morgan fingerprint density at radius 3 is 2.39 bits per heavy atom. The number of hydrazone groups is 1. The van der Waals surface area contributed by atoms with Gasteiger partial charge in [-0.2, -0.15) is 5.10 Å². The number of pyridine rings is 1. The van der Waals surface area contributed by atoms with Gasteiger partial charge in [0.25, 0.3) is 0 Å². The van der Waals surface area contributed by atoms with Gasteiger partial charge in [-0.15, -0.1) is 0 Å². The van der Waals surface area contributed by atoms with Crippen LogP contribution in [0.4, 0.5) is 11.5 Å². The van der Waals surface area contributed by atoms with Gasteiger partial charge in [0.05, 0.1) is 6.42 Å². The van der Waals surface area contributed by atoms with E-state index in [1.807, 2.05) is 32.0 Å². The fourth-order valence-electron chi connectivity index (χ4n) is 2.27. The van der Waals surface area contributed by atoms with Crippen molar-refractivity contribution in [3.8, 4) is 0 Å². The lowest BCUT2D eigenvalue weighted by Crippen LogP contribution is -2.33. The van der Waals surface area contributed by atoms with Crippen LogP contribution in [-0.4, -0.2) is 28.4 Å². The molecule has 0 bridgehead atoms. The number of nitrogens with zero attached hydrogens (tertiary/aromatic N) is 2. The molecule has 8 heteroatoms. The first-order chi connectivity index (χ1) is 13.4. The van der Waals surface area contributed by atoms with E-state index in [1.165, 1.54) is 0 Å². The summed E-state index contributed by atoms with van der Waals surface area (Å²) < 4.78 is 0. The van der Waals surface area contributed by atoms with Crippen LogP contribution in [0.25, 0.3) is 0 Å². The number of anilines is 2. The number of nitrogens with one attached hydrogen (secondary N) is 3. The Kier molecular flexibility index (Phi) is 7.38. The molecule has 0 fully saturated rings. The number of benzene rings is 1. The second kappa shape index (κ2) is 9.96. The van der Waals surface area contributed by atoms with Crippen LogP contribution in [0.15, 0.2) is 47.7 Å². The van der Waals surface area contributed by atoms with Crippen molar-refractivity contribution in [2.24, 2.45) is 5.10 Å². The van der Waals surface area contributed by atoms with E-state index in [0.29, 0.717) is 17.2 Å². The monoisotopic (exact) mass is 381 g/mol. The van der Waals surface area contributed by atoms with Crippen LogP contribution < -0.4 is 16.1 Å². The molecule has 146 valence electrons. The summed E-state index contributed by atoms with van der Waals surface area (Å²) in [6.07, 6.45) is 2.44. The summed E-state index contributed by atoms with van der Waals surface area (Å²) in [6, 6.07) is 10.8. The molecule has 0 spiro atoms. The van der Waals surface area contributed by atoms with Gasteiger partial charge in [0.15, 0.2) is 0 Å². The zero-order valence-corrected chi connectivity index (χ0v) is 16.1. The Balaban J connectivity index is 1.82. The van der Waals surface area contributed by atoms with Gasteiger partial charge in [-0.3, -0.25) is 14.4 Å². The quantitative estimate of drug-likeness (QED) is 0.405. The van der Waals surface area contributed by atoms with Gasteiger partial charge in [-0.05, 0) is 55.7 Å². The maximum atomic E-state index is 12.0. The highest BCUT2D eigenvalue weighted by atomic mass is 16.2. The number of aromatic nitrogens is 1. The minimum absolute atomic E-state index is 0.0456. The first-order valence-corrected chi connectivity index (χ1v) is 8.83. The average molecular weight is 381 g/mol. The molecule has 0 atom stereocenters. The van der Waals surface area contributed by atoms with Gasteiger partial charge in [-0.25, -0.2) is 10.4 Å². The third-order valence-corrected chi connectivity index (χ3v) is 3.77. The van der Waals surface area contributed by atoms with Crippen molar-refractivity contribution in [3.63, 3.8) is 0 Å². The SMILES string of the molecule is CCc1ccc(NC(=O)C(=O)N/N=C(\C)CC(=O)Nc2cc(C)ccn2)cc1. The third-order valence-electron chi connectivity index (χ3n) is 3.77. The molecule has 2 aromatic rings. The molecule has 0 saturated heterocycles. The number of rotatable bonds is 6. The highest BCUT2D eigenvalue weighted by Crippen LogP contribution is 2.09. The molecule has 0 aliphatic heterocycles. The highest BCUT2D eigenvalue weighted by molar-refractivity contribution is 6.39. The Bertz CT molecular complexity index is 891. The molecule has 8 nitrogen and oxygen atoms in total. The fourth-order valence-corrected chi connectivity index (χ4v) is 2.27. The van der Waals surface area contributed by atoms with Crippen molar-refractivity contribution < 1.29 is 14.4 Å². The van der Waals surface area contributed by atoms with E-state index >= 15 is 0 Å². The zero-order chi connectivity index (χ0) is 20.5. The van der Waals surface area contributed by atoms with Crippen molar-refractivity contribution in [2.75, 3.05) is 10.6 Å². The van der Waals surface area contributed by atoms with E-state index in [9.17, 15) is 14.4 Å². The van der Waals surface area contributed by atoms with Gasteiger partial charge in [0.1, 0.15) is 5.82 Å². The average Bonchev–Trinajstić information content (AvgIpc) is 2.66. The van der Waals surface area contributed by atoms with Crippen LogP contribution >= 0.6 is 0 Å². The number of hydrogen-bond donors (Lipinski definition) is 3. The molecule has 2 rings (SSSR count). The van der Waals surface area contributed by atoms with Crippen molar-refractivity contribution in [1.82, 2.24) is 10.4 Å². The summed E-state index contributed by atoms with van der Waals surface area (Å²) in [7, 11) is 0. The number of aryl methyl sites for hydroxylation is 2. The first-order valence-electron chi connectivity index (χ1n) is 8.83. The predicted molar refractivity (Wildman–Crippen MR) is 108 cm³/mol. The fraction of sp³-hybridized carbons (Fsp3) is 0.250. The van der Waals surface area contributed by atoms with Crippen molar-refractivity contribution in [1.29, 1.82) is 0 Å². The molecule has 0 radical (unpaired) electrons. The van der Waals surface area contributed by atoms with Crippen molar-refractivity contribution >= 4 is 34.9 Å². The van der Waals surface area contributed by atoms with Gasteiger partial charge in [-0.1, -0.05) is 19.1 Å². The number of carbonyl (C=O) groups excluding carboxylic acids is 3. The Morgan fingerprint density at radius 2 is 1.75 bits per heavy atom. The highest BCUT2D eigenvalue weighted by Gasteiger charge is 2.13. The van der Waals surface area contributed by atoms with Crippen LogP contribution in [0.2, 0.25) is 0 Å². The molecule has 1 aromatic carbocycles. The second-order valence-corrected chi connectivity index (χ2v) is 6.24. The van der Waals surface area contributed by atoms with Gasteiger partial charge in [0.2, 0.25) is 5.91 Å². The molecular formula is C20H23N5O3. The zero-order valence-electron chi connectivity index (χ0n) is 16.1. The summed E-state index contributed by atoms with van der Waals surface area (Å²) in [5.74, 6) is -1.64. The van der Waals surface area contributed by atoms with Crippen LogP contribution in [0.3, 0.4) is 0 Å². The largest absolute Gasteiger partial charge is 0.329 e. The van der Waals surface area contributed by atoms with Gasteiger partial charge < -0.3 is 10.6 Å². The maximum absolute atomic E-state index is 12.0. The van der Waals surface area contributed by atoms with Crippen LogP contribution in [0, 0.1) is 6.92 Å². The molecule has 28 heavy (non-hydrogen) atoms. The standard InChI is InChI=1S/C20H23N5O3/c1-4-15-5-7-16(8-6-15)22-19(27)20(28)25-24-14(3)12-18(26)23-17-11-13(2)9-10-21-17/h5-11H,4,12H2,1-3H3,(H,22,27)(H,25,28)(H,21,23,26)/b24-14+. The maximum Gasteiger partial charge on any atom is 0.329 e. The molecule has 1 aromatic heterocycles. The van der Waals surface area contributed by atoms with Crippen LogP contribution in [0.1, 0.15) is 31.4 Å². The molecule has 0 saturated carbocycles. The first kappa shape index (κ1) is 20.8. The molecule has 0 aliphatic carbocycles. The van der Waals surface area contributed by atoms with E-state index in [0.717, 1.165) is 17.5 Å². The van der Waals surface area contributed by atoms with E-state index < -0.39 is 11.8 Å². The van der Waals surface area contributed by atoms with E-state index in [4.69, 9.17) is 0 Å². The van der Waals surface area contributed by atoms with Gasteiger partial charge >= 0.3 is 11.8 Å². The normalized spacial score (nSPS) is 10.9. The van der Waals surface area contributed by atoms with Crippen molar-refractivity contribution in [2.45, 2.75) is 33.6 Å². The molecular weight excluding hydrogens is 358 g/mol. The summed E-state index contributed by atoms with van der Waals surface area (Å²) in [4.78, 5) is 39.8. The van der Waals surface area contributed by atoms with Crippen molar-refractivity contribution in [3.05, 3.63) is 53.7 Å². The van der Waals surface area contributed by atoms with E-state index in [-0.39, 0.29) is 12.3 Å². The summed E-state index contributed by atoms with van der Waals surface area (Å²) in [5.41, 5.74) is 5.10. The lowest BCUT2D eigenvalue weighted by Gasteiger charge is -2.06. The molecule has 0 aliphatic rings. The summed E-state index contributed by atoms with van der Waals surface area (Å²) in [5, 5.41) is 8.92. The topological polar surface area (TPSA) is 113 Å². The minimum atomic E-state index is -0.917. The smallest absolute Gasteiger partial charge is 0.318 e. The lowest BCUT2D eigenvalue weighted by atomic mass is 10.1. The predicted octanol–water partition coefficient (Wildman–Crippen LogP) is 2.41. The Hall–Kier alpha value is -3.55. The Labute approximate surface area is 163 Å². The van der Waals surface area contributed by atoms with E-state index in [2.05, 4.69) is 26.1 Å². The molecule has 1 heterocycles. The van der Waals surface area contributed by atoms with Gasteiger partial charge in [0, 0.05) is 17.6 Å². The minimum Gasteiger partial charge on any atom is -0.318 e. The Morgan fingerprint density at radius 1 is 1.04 bits per heavy atom. The lowest BCUT2D eigenvalue weighted by molar-refractivity contribution is -0.136. The van der Waals surface area contributed by atoms with E-state index in [1.54, 1.807) is 31.3 Å². The van der Waals surface area contributed by atoms with Crippen LogP contribution in [-0.2, 0) is 20.8 Å². The second-order valence-electron chi connectivity index (χ2n) is 6.24. The molecule has 3 amide bonds. The summed E-state index contributed by atoms with van der Waals surface area (Å²) >= 11 is 0. The number of carbonyl (C=O) groups is 3. The van der Waals surface area contributed by atoms with Crippen LogP contribution in [0.5, 0.6) is 0 Å².